The number of nitrogens with two attached hydrogens (primary N) is 1. The zero-order valence-electron chi connectivity index (χ0n) is 18.6. The van der Waals surface area contributed by atoms with Crippen LogP contribution in [0.25, 0.3) is 0 Å². The van der Waals surface area contributed by atoms with Gasteiger partial charge in [0.15, 0.2) is 0 Å². The van der Waals surface area contributed by atoms with E-state index in [4.69, 9.17) is 22.1 Å². The average Bonchev–Trinajstić information content (AvgIpc) is 3.14. The van der Waals surface area contributed by atoms with Gasteiger partial charge in [0.05, 0.1) is 29.3 Å². The minimum atomic E-state index is -0.587. The second-order valence-electron chi connectivity index (χ2n) is 9.24. The SMILES string of the molecule is C[C@@H]1OCc2ncnc(N3CCN(C(=O)[C@H](CC(C)(C)N)c4ccc(Cl)c(F)c4)CC3)c21. The van der Waals surface area contributed by atoms with Crippen molar-refractivity contribution in [3.63, 3.8) is 0 Å². The molecule has 0 radical (unpaired) electrons. The van der Waals surface area contributed by atoms with E-state index in [0.717, 1.165) is 17.1 Å². The lowest BCUT2D eigenvalue weighted by Gasteiger charge is -2.38. The number of carbonyl (C=O) groups excluding carboxylic acids is 1. The molecular formula is C23H29ClFN5O2. The highest BCUT2D eigenvalue weighted by Gasteiger charge is 2.34. The summed E-state index contributed by atoms with van der Waals surface area (Å²) in [7, 11) is 0. The van der Waals surface area contributed by atoms with Gasteiger partial charge in [-0.3, -0.25) is 4.79 Å². The molecule has 7 nitrogen and oxygen atoms in total. The number of benzene rings is 1. The maximum absolute atomic E-state index is 14.1. The quantitative estimate of drug-likeness (QED) is 0.734. The van der Waals surface area contributed by atoms with Gasteiger partial charge >= 0.3 is 0 Å². The maximum Gasteiger partial charge on any atom is 0.230 e. The van der Waals surface area contributed by atoms with Gasteiger partial charge in [0.2, 0.25) is 5.91 Å². The van der Waals surface area contributed by atoms with Crippen LogP contribution in [0.1, 0.15) is 56.0 Å². The summed E-state index contributed by atoms with van der Waals surface area (Å²) < 4.78 is 19.9. The maximum atomic E-state index is 14.1. The third-order valence-corrected chi connectivity index (χ3v) is 6.39. The van der Waals surface area contributed by atoms with Gasteiger partial charge < -0.3 is 20.3 Å². The molecule has 0 unspecified atom stereocenters. The van der Waals surface area contributed by atoms with Gasteiger partial charge in [0.25, 0.3) is 0 Å². The van der Waals surface area contributed by atoms with Crippen LogP contribution in [-0.4, -0.2) is 52.5 Å². The van der Waals surface area contributed by atoms with E-state index in [0.29, 0.717) is 44.8 Å². The Labute approximate surface area is 192 Å². The van der Waals surface area contributed by atoms with Crippen molar-refractivity contribution in [2.45, 2.75) is 51.4 Å². The molecule has 2 aliphatic heterocycles. The number of amides is 1. The van der Waals surface area contributed by atoms with E-state index >= 15 is 0 Å². The molecule has 0 aliphatic carbocycles. The average molecular weight is 462 g/mol. The molecule has 3 heterocycles. The van der Waals surface area contributed by atoms with Crippen LogP contribution in [0.5, 0.6) is 0 Å². The zero-order valence-corrected chi connectivity index (χ0v) is 19.4. The van der Waals surface area contributed by atoms with Crippen molar-refractivity contribution in [1.29, 1.82) is 0 Å². The lowest BCUT2D eigenvalue weighted by molar-refractivity contribution is -0.133. The monoisotopic (exact) mass is 461 g/mol. The van der Waals surface area contributed by atoms with E-state index in [1.165, 1.54) is 12.1 Å². The molecule has 4 rings (SSSR count). The number of nitrogens with zero attached hydrogens (tertiary/aromatic N) is 4. The highest BCUT2D eigenvalue weighted by Crippen LogP contribution is 2.36. The molecule has 172 valence electrons. The van der Waals surface area contributed by atoms with Crippen molar-refractivity contribution in [2.75, 3.05) is 31.1 Å². The molecule has 1 aromatic heterocycles. The van der Waals surface area contributed by atoms with Gasteiger partial charge in [0.1, 0.15) is 18.0 Å². The van der Waals surface area contributed by atoms with E-state index in [1.807, 2.05) is 25.7 Å². The number of rotatable bonds is 5. The van der Waals surface area contributed by atoms with E-state index < -0.39 is 17.3 Å². The first-order valence-corrected chi connectivity index (χ1v) is 11.2. The molecule has 2 aromatic rings. The van der Waals surface area contributed by atoms with Crippen molar-refractivity contribution in [3.8, 4) is 0 Å². The molecule has 1 amide bonds. The van der Waals surface area contributed by atoms with Gasteiger partial charge in [-0.05, 0) is 44.9 Å². The van der Waals surface area contributed by atoms with Crippen LogP contribution in [0.4, 0.5) is 10.2 Å². The van der Waals surface area contributed by atoms with E-state index in [2.05, 4.69) is 14.9 Å². The van der Waals surface area contributed by atoms with Crippen LogP contribution >= 0.6 is 11.6 Å². The molecule has 1 saturated heterocycles. The highest BCUT2D eigenvalue weighted by atomic mass is 35.5. The molecule has 2 aliphatic rings. The van der Waals surface area contributed by atoms with Crippen LogP contribution < -0.4 is 10.6 Å². The van der Waals surface area contributed by atoms with E-state index in [1.54, 1.807) is 12.4 Å². The van der Waals surface area contributed by atoms with E-state index in [-0.39, 0.29) is 17.0 Å². The fourth-order valence-electron chi connectivity index (χ4n) is 4.45. The van der Waals surface area contributed by atoms with Crippen molar-refractivity contribution in [2.24, 2.45) is 5.73 Å². The Morgan fingerprint density at radius 3 is 2.69 bits per heavy atom. The molecule has 2 N–H and O–H groups in total. The fourth-order valence-corrected chi connectivity index (χ4v) is 4.57. The third kappa shape index (κ3) is 4.72. The second kappa shape index (κ2) is 8.92. The Morgan fingerprint density at radius 2 is 2.03 bits per heavy atom. The number of fused-ring (bicyclic) bond motifs is 1. The molecule has 32 heavy (non-hydrogen) atoms. The molecule has 1 aromatic carbocycles. The molecule has 9 heteroatoms. The number of aromatic nitrogens is 2. The van der Waals surface area contributed by atoms with Gasteiger partial charge in [0, 0.05) is 37.3 Å². The molecule has 0 bridgehead atoms. The predicted molar refractivity (Wildman–Crippen MR) is 121 cm³/mol. The topological polar surface area (TPSA) is 84.6 Å². The van der Waals surface area contributed by atoms with Gasteiger partial charge in [-0.15, -0.1) is 0 Å². The summed E-state index contributed by atoms with van der Waals surface area (Å²) in [5.74, 6) is -0.235. The number of anilines is 1. The van der Waals surface area contributed by atoms with E-state index in [9.17, 15) is 9.18 Å². The first kappa shape index (κ1) is 22.9. The minimum absolute atomic E-state index is 0.0381. The Kier molecular flexibility index (Phi) is 6.38. The first-order valence-electron chi connectivity index (χ1n) is 10.9. The highest BCUT2D eigenvalue weighted by molar-refractivity contribution is 6.30. The molecule has 1 fully saturated rings. The first-order chi connectivity index (χ1) is 15.1. The Balaban J connectivity index is 1.51. The van der Waals surface area contributed by atoms with Gasteiger partial charge in [-0.1, -0.05) is 17.7 Å². The van der Waals surface area contributed by atoms with Crippen molar-refractivity contribution in [1.82, 2.24) is 14.9 Å². The number of piperazine rings is 1. The summed E-state index contributed by atoms with van der Waals surface area (Å²) in [5.41, 5.74) is 8.22. The summed E-state index contributed by atoms with van der Waals surface area (Å²) in [4.78, 5) is 26.4. The number of halogens is 2. The van der Waals surface area contributed by atoms with Gasteiger partial charge in [-0.25, -0.2) is 14.4 Å². The second-order valence-corrected chi connectivity index (χ2v) is 9.65. The number of hydrogen-bond donors (Lipinski definition) is 1. The molecule has 2 atom stereocenters. The molecule has 0 spiro atoms. The van der Waals surface area contributed by atoms with Crippen LogP contribution in [0.3, 0.4) is 0 Å². The van der Waals surface area contributed by atoms with Crippen molar-refractivity contribution < 1.29 is 13.9 Å². The van der Waals surface area contributed by atoms with Crippen LogP contribution in [-0.2, 0) is 16.1 Å². The summed E-state index contributed by atoms with van der Waals surface area (Å²) in [5, 5.41) is 0.0381. The molecular weight excluding hydrogens is 433 g/mol. The van der Waals surface area contributed by atoms with Crippen molar-refractivity contribution >= 4 is 23.3 Å². The smallest absolute Gasteiger partial charge is 0.230 e. The lowest BCUT2D eigenvalue weighted by Crippen LogP contribution is -2.51. The van der Waals surface area contributed by atoms with Crippen LogP contribution in [0.15, 0.2) is 24.5 Å². The number of hydrogen-bond acceptors (Lipinski definition) is 6. The number of ether oxygens (including phenoxy) is 1. The number of carbonyl (C=O) groups is 1. The minimum Gasteiger partial charge on any atom is -0.367 e. The van der Waals surface area contributed by atoms with Crippen LogP contribution in [0, 0.1) is 5.82 Å². The summed E-state index contributed by atoms with van der Waals surface area (Å²) in [6.45, 7) is 8.63. The largest absolute Gasteiger partial charge is 0.367 e. The zero-order chi connectivity index (χ0) is 23.0. The Bertz CT molecular complexity index is 1000. The Hall–Kier alpha value is -2.29. The molecule has 0 saturated carbocycles. The third-order valence-electron chi connectivity index (χ3n) is 6.09. The summed E-state index contributed by atoms with van der Waals surface area (Å²) in [6.07, 6.45) is 1.93. The lowest BCUT2D eigenvalue weighted by atomic mass is 9.85. The standard InChI is InChI=1S/C23H29ClFN5O2/c1-14-20-19(12-32-14)27-13-28-21(20)29-6-8-30(9-7-29)22(31)16(11-23(2,3)26)15-4-5-17(24)18(25)10-15/h4-5,10,13-14,16H,6-9,11-12,26H2,1-3H3/t14-,16+/m0/s1. The Morgan fingerprint density at radius 1 is 1.31 bits per heavy atom. The van der Waals surface area contributed by atoms with Gasteiger partial charge in [-0.2, -0.15) is 0 Å². The van der Waals surface area contributed by atoms with Crippen LogP contribution in [0.2, 0.25) is 5.02 Å². The summed E-state index contributed by atoms with van der Waals surface area (Å²) in [6, 6.07) is 4.55. The summed E-state index contributed by atoms with van der Waals surface area (Å²) >= 11 is 5.85. The predicted octanol–water partition coefficient (Wildman–Crippen LogP) is 3.42. The fraction of sp³-hybridized carbons (Fsp3) is 0.522. The normalized spacial score (nSPS) is 19.8. The van der Waals surface area contributed by atoms with Crippen molar-refractivity contribution in [3.05, 3.63) is 52.2 Å².